The third-order valence-electron chi connectivity index (χ3n) is 5.68. The van der Waals surface area contributed by atoms with Crippen molar-refractivity contribution in [3.63, 3.8) is 0 Å². The molecule has 1 atom stereocenters. The van der Waals surface area contributed by atoms with Gasteiger partial charge in [0.05, 0.1) is 29.3 Å². The van der Waals surface area contributed by atoms with E-state index >= 15 is 0 Å². The number of fused-ring (bicyclic) bond motifs is 2. The Morgan fingerprint density at radius 3 is 3.00 bits per heavy atom. The summed E-state index contributed by atoms with van der Waals surface area (Å²) in [5.41, 5.74) is 4.22. The van der Waals surface area contributed by atoms with E-state index in [0.717, 1.165) is 59.0 Å². The van der Waals surface area contributed by atoms with Gasteiger partial charge in [-0.05, 0) is 55.3 Å². The molecule has 0 aliphatic carbocycles. The van der Waals surface area contributed by atoms with Gasteiger partial charge in [-0.3, -0.25) is 14.4 Å². The first-order chi connectivity index (χ1) is 14.0. The Labute approximate surface area is 168 Å². The summed E-state index contributed by atoms with van der Waals surface area (Å²) in [6, 6.07) is 11.4. The van der Waals surface area contributed by atoms with Crippen LogP contribution in [0.5, 0.6) is 0 Å². The lowest BCUT2D eigenvalue weighted by molar-refractivity contribution is 0.102. The molecule has 5 rings (SSSR count). The van der Waals surface area contributed by atoms with E-state index in [4.69, 9.17) is 4.98 Å². The summed E-state index contributed by atoms with van der Waals surface area (Å²) in [6.45, 7) is 5.38. The van der Waals surface area contributed by atoms with E-state index < -0.39 is 0 Å². The van der Waals surface area contributed by atoms with Gasteiger partial charge < -0.3 is 10.3 Å². The van der Waals surface area contributed by atoms with Crippen molar-refractivity contribution in [1.82, 2.24) is 24.6 Å². The molecular weight excluding hydrogens is 364 g/mol. The van der Waals surface area contributed by atoms with Gasteiger partial charge in [-0.2, -0.15) is 5.10 Å². The Balaban J connectivity index is 1.33. The van der Waals surface area contributed by atoms with Crippen LogP contribution in [0.1, 0.15) is 29.5 Å². The second kappa shape index (κ2) is 7.00. The normalized spacial score (nSPS) is 17.4. The monoisotopic (exact) mass is 388 g/mol. The number of H-pyrrole nitrogens is 1. The van der Waals surface area contributed by atoms with Crippen LogP contribution in [0.3, 0.4) is 0 Å². The number of nitrogens with zero attached hydrogens (tertiary/aromatic N) is 4. The third-order valence-corrected chi connectivity index (χ3v) is 5.68. The molecule has 0 bridgehead atoms. The number of carbonyl (C=O) groups excluding carboxylic acids is 1. The SMILES string of the molecule is C[C@H]1CCN(Cc2nc3ccc(NC(=O)c4ccc5c(cnn5C)c4)cc3[nH]2)C1. The van der Waals surface area contributed by atoms with Gasteiger partial charge in [0.2, 0.25) is 0 Å². The number of rotatable bonds is 4. The summed E-state index contributed by atoms with van der Waals surface area (Å²) in [7, 11) is 1.89. The Kier molecular flexibility index (Phi) is 4.32. The van der Waals surface area contributed by atoms with Gasteiger partial charge in [-0.15, -0.1) is 0 Å². The standard InChI is InChI=1S/C22H24N6O/c1-14-7-8-28(12-14)13-21-25-18-5-4-17(10-19(18)26-21)24-22(29)15-3-6-20-16(9-15)11-23-27(20)2/h3-6,9-11,14H,7-8,12-13H2,1-2H3,(H,24,29)(H,25,26)/t14-/m0/s1. The molecular formula is C22H24N6O. The molecule has 2 N–H and O–H groups in total. The van der Waals surface area contributed by atoms with E-state index in [2.05, 4.69) is 27.2 Å². The number of aromatic amines is 1. The number of nitrogens with one attached hydrogen (secondary N) is 2. The van der Waals surface area contributed by atoms with Crippen LogP contribution in [0.25, 0.3) is 21.9 Å². The highest BCUT2D eigenvalue weighted by Gasteiger charge is 2.19. The summed E-state index contributed by atoms with van der Waals surface area (Å²) in [5, 5.41) is 8.16. The van der Waals surface area contributed by atoms with Gasteiger partial charge in [0.25, 0.3) is 5.91 Å². The molecule has 7 nitrogen and oxygen atoms in total. The van der Waals surface area contributed by atoms with Crippen LogP contribution in [-0.2, 0) is 13.6 Å². The molecule has 4 aromatic rings. The van der Waals surface area contributed by atoms with Crippen molar-refractivity contribution in [2.45, 2.75) is 19.9 Å². The van der Waals surface area contributed by atoms with Gasteiger partial charge >= 0.3 is 0 Å². The summed E-state index contributed by atoms with van der Waals surface area (Å²) in [5.74, 6) is 1.59. The van der Waals surface area contributed by atoms with Crippen LogP contribution in [0.2, 0.25) is 0 Å². The molecule has 1 aliphatic heterocycles. The summed E-state index contributed by atoms with van der Waals surface area (Å²) in [6.07, 6.45) is 3.02. The van der Waals surface area contributed by atoms with Crippen molar-refractivity contribution >= 4 is 33.5 Å². The van der Waals surface area contributed by atoms with E-state index in [-0.39, 0.29) is 5.91 Å². The molecule has 148 valence electrons. The van der Waals surface area contributed by atoms with Crippen LogP contribution >= 0.6 is 0 Å². The average molecular weight is 388 g/mol. The van der Waals surface area contributed by atoms with Crippen molar-refractivity contribution < 1.29 is 4.79 Å². The van der Waals surface area contributed by atoms with Gasteiger partial charge in [-0.25, -0.2) is 4.98 Å². The predicted octanol–water partition coefficient (Wildman–Crippen LogP) is 3.54. The van der Waals surface area contributed by atoms with Crippen molar-refractivity contribution in [2.24, 2.45) is 13.0 Å². The van der Waals surface area contributed by atoms with E-state index in [1.807, 2.05) is 43.4 Å². The molecule has 29 heavy (non-hydrogen) atoms. The summed E-state index contributed by atoms with van der Waals surface area (Å²) >= 11 is 0. The van der Waals surface area contributed by atoms with E-state index in [0.29, 0.717) is 5.56 Å². The smallest absolute Gasteiger partial charge is 0.255 e. The average Bonchev–Trinajstić information content (AvgIpc) is 3.40. The third kappa shape index (κ3) is 3.49. The first-order valence-electron chi connectivity index (χ1n) is 9.99. The fraction of sp³-hybridized carbons (Fsp3) is 0.318. The maximum Gasteiger partial charge on any atom is 0.255 e. The highest BCUT2D eigenvalue weighted by molar-refractivity contribution is 6.06. The van der Waals surface area contributed by atoms with E-state index in [1.54, 1.807) is 10.9 Å². The number of amides is 1. The van der Waals surface area contributed by atoms with Gasteiger partial charge in [0.15, 0.2) is 0 Å². The topological polar surface area (TPSA) is 78.8 Å². The van der Waals surface area contributed by atoms with Crippen molar-refractivity contribution in [3.05, 3.63) is 54.0 Å². The zero-order chi connectivity index (χ0) is 20.0. The zero-order valence-electron chi connectivity index (χ0n) is 16.6. The van der Waals surface area contributed by atoms with Crippen LogP contribution < -0.4 is 5.32 Å². The highest BCUT2D eigenvalue weighted by atomic mass is 16.1. The Morgan fingerprint density at radius 1 is 1.28 bits per heavy atom. The molecule has 3 heterocycles. The number of carbonyl (C=O) groups is 1. The molecule has 2 aromatic heterocycles. The van der Waals surface area contributed by atoms with Crippen LogP contribution in [-0.4, -0.2) is 43.6 Å². The lowest BCUT2D eigenvalue weighted by atomic mass is 10.1. The molecule has 1 saturated heterocycles. The minimum atomic E-state index is -0.138. The molecule has 1 fully saturated rings. The van der Waals surface area contributed by atoms with Crippen molar-refractivity contribution in [2.75, 3.05) is 18.4 Å². The van der Waals surface area contributed by atoms with E-state index in [9.17, 15) is 4.79 Å². The number of hydrogen-bond donors (Lipinski definition) is 2. The molecule has 0 spiro atoms. The maximum absolute atomic E-state index is 12.7. The largest absolute Gasteiger partial charge is 0.341 e. The van der Waals surface area contributed by atoms with Crippen LogP contribution in [0.4, 0.5) is 5.69 Å². The molecule has 1 amide bonds. The highest BCUT2D eigenvalue weighted by Crippen LogP contribution is 2.22. The maximum atomic E-state index is 12.7. The van der Waals surface area contributed by atoms with E-state index in [1.165, 1.54) is 6.42 Å². The number of likely N-dealkylation sites (tertiary alicyclic amines) is 1. The van der Waals surface area contributed by atoms with Gasteiger partial charge in [0, 0.05) is 30.2 Å². The molecule has 7 heteroatoms. The van der Waals surface area contributed by atoms with Crippen LogP contribution in [0, 0.1) is 5.92 Å². The summed E-state index contributed by atoms with van der Waals surface area (Å²) in [4.78, 5) is 23.2. The molecule has 0 radical (unpaired) electrons. The minimum absolute atomic E-state index is 0.138. The summed E-state index contributed by atoms with van der Waals surface area (Å²) < 4.78 is 1.80. The van der Waals surface area contributed by atoms with Crippen molar-refractivity contribution in [3.8, 4) is 0 Å². The number of aryl methyl sites for hydroxylation is 1. The number of hydrogen-bond acceptors (Lipinski definition) is 4. The van der Waals surface area contributed by atoms with Crippen molar-refractivity contribution in [1.29, 1.82) is 0 Å². The number of benzene rings is 2. The quantitative estimate of drug-likeness (QED) is 0.560. The van der Waals surface area contributed by atoms with Gasteiger partial charge in [-0.1, -0.05) is 6.92 Å². The predicted molar refractivity (Wildman–Crippen MR) is 114 cm³/mol. The van der Waals surface area contributed by atoms with Gasteiger partial charge in [0.1, 0.15) is 5.82 Å². The van der Waals surface area contributed by atoms with Crippen LogP contribution in [0.15, 0.2) is 42.6 Å². The Bertz CT molecular complexity index is 1210. The first kappa shape index (κ1) is 17.9. The molecule has 0 unspecified atom stereocenters. The second-order valence-electron chi connectivity index (χ2n) is 8.04. The number of anilines is 1. The fourth-order valence-corrected chi connectivity index (χ4v) is 4.10. The number of aromatic nitrogens is 4. The Hall–Kier alpha value is -3.19. The molecule has 2 aromatic carbocycles. The minimum Gasteiger partial charge on any atom is -0.341 e. The second-order valence-corrected chi connectivity index (χ2v) is 8.04. The Morgan fingerprint density at radius 2 is 2.17 bits per heavy atom. The lowest BCUT2D eigenvalue weighted by Crippen LogP contribution is -2.20. The molecule has 0 saturated carbocycles. The lowest BCUT2D eigenvalue weighted by Gasteiger charge is -2.12. The number of imidazole rings is 1. The molecule has 1 aliphatic rings. The zero-order valence-corrected chi connectivity index (χ0v) is 16.6. The first-order valence-corrected chi connectivity index (χ1v) is 9.99. The fourth-order valence-electron chi connectivity index (χ4n) is 4.10.